The van der Waals surface area contributed by atoms with Crippen molar-refractivity contribution in [3.63, 3.8) is 0 Å². The van der Waals surface area contributed by atoms with Gasteiger partial charge in [0.1, 0.15) is 17.4 Å². The molecule has 0 aromatic heterocycles. The third kappa shape index (κ3) is 5.85. The zero-order valence-electron chi connectivity index (χ0n) is 18.4. The molecule has 0 aliphatic carbocycles. The van der Waals surface area contributed by atoms with Crippen molar-refractivity contribution in [3.05, 3.63) is 66.0 Å². The smallest absolute Gasteiger partial charge is 0.252 e. The van der Waals surface area contributed by atoms with E-state index in [1.807, 2.05) is 23.1 Å². The van der Waals surface area contributed by atoms with Crippen LogP contribution in [0.3, 0.4) is 0 Å². The first-order chi connectivity index (χ1) is 16.4. The lowest BCUT2D eigenvalue weighted by Crippen LogP contribution is -2.70. The van der Waals surface area contributed by atoms with Crippen LogP contribution < -0.4 is 26.6 Å². The molecule has 11 heteroatoms. The number of halogens is 1. The van der Waals surface area contributed by atoms with Crippen molar-refractivity contribution in [3.8, 4) is 0 Å². The van der Waals surface area contributed by atoms with Crippen LogP contribution in [0.1, 0.15) is 10.4 Å². The van der Waals surface area contributed by atoms with Gasteiger partial charge in [-0.05, 0) is 36.4 Å². The van der Waals surface area contributed by atoms with Crippen molar-refractivity contribution in [2.75, 3.05) is 36.8 Å². The molecule has 2 saturated heterocycles. The summed E-state index contributed by atoms with van der Waals surface area (Å²) < 4.78 is 13.1. The number of hydrogen-bond acceptors (Lipinski definition) is 7. The van der Waals surface area contributed by atoms with E-state index in [0.717, 1.165) is 18.8 Å². The lowest BCUT2D eigenvalue weighted by Gasteiger charge is -2.37. The van der Waals surface area contributed by atoms with Crippen molar-refractivity contribution in [1.29, 1.82) is 0 Å². The molecule has 0 saturated carbocycles. The zero-order valence-corrected chi connectivity index (χ0v) is 19.3. The molecular formula is C23H27FN6O3S. The van der Waals surface area contributed by atoms with Gasteiger partial charge in [-0.2, -0.15) is 0 Å². The molecule has 0 spiro atoms. The van der Waals surface area contributed by atoms with Crippen LogP contribution in [0.15, 0.2) is 54.6 Å². The lowest BCUT2D eigenvalue weighted by molar-refractivity contribution is -0.129. The second-order valence-electron chi connectivity index (χ2n) is 8.05. The van der Waals surface area contributed by atoms with Gasteiger partial charge in [-0.1, -0.05) is 18.2 Å². The first kappa shape index (κ1) is 24.0. The molecule has 2 aromatic rings. The third-order valence-corrected chi connectivity index (χ3v) is 6.78. The predicted molar refractivity (Wildman–Crippen MR) is 128 cm³/mol. The van der Waals surface area contributed by atoms with Crippen LogP contribution >= 0.6 is 11.8 Å². The number of carbonyl (C=O) groups is 3. The monoisotopic (exact) mass is 486 g/mol. The number of amides is 3. The average molecular weight is 487 g/mol. The number of nitrogens with zero attached hydrogens (tertiary/aromatic N) is 2. The average Bonchev–Trinajstić information content (AvgIpc) is 2.85. The maximum absolute atomic E-state index is 13.1. The Kier molecular flexibility index (Phi) is 7.66. The van der Waals surface area contributed by atoms with Crippen LogP contribution in [0.25, 0.3) is 0 Å². The van der Waals surface area contributed by atoms with Gasteiger partial charge in [0, 0.05) is 37.4 Å². The van der Waals surface area contributed by atoms with E-state index in [9.17, 15) is 18.8 Å². The standard InChI is InChI=1S/C23H27FN6O3S/c24-16-8-6-15(7-9-16)21(32)26-19-20(25)27-23(28-22(19)33)34-14-18(31)30-12-10-29(11-13-30)17-4-2-1-3-5-17/h1-9,19-20,23,27H,10-14,25H2,(H,26,32)(H,28,33). The highest BCUT2D eigenvalue weighted by Gasteiger charge is 2.36. The summed E-state index contributed by atoms with van der Waals surface area (Å²) in [6.45, 7) is 2.80. The molecule has 9 nitrogen and oxygen atoms in total. The fraction of sp³-hybridized carbons (Fsp3) is 0.348. The van der Waals surface area contributed by atoms with Crippen molar-refractivity contribution in [2.45, 2.75) is 17.7 Å². The molecule has 0 bridgehead atoms. The number of nitrogens with one attached hydrogen (secondary N) is 3. The summed E-state index contributed by atoms with van der Waals surface area (Å²) in [6.07, 6.45) is -0.847. The molecule has 3 atom stereocenters. The number of rotatable bonds is 6. The Morgan fingerprint density at radius 1 is 1.06 bits per heavy atom. The second-order valence-corrected chi connectivity index (χ2v) is 9.15. The molecule has 2 heterocycles. The number of piperazine rings is 1. The van der Waals surface area contributed by atoms with E-state index in [0.29, 0.717) is 13.1 Å². The molecule has 180 valence electrons. The van der Waals surface area contributed by atoms with E-state index in [1.54, 1.807) is 0 Å². The number of anilines is 1. The highest BCUT2D eigenvalue weighted by Crippen LogP contribution is 2.17. The topological polar surface area (TPSA) is 120 Å². The second kappa shape index (κ2) is 10.9. The summed E-state index contributed by atoms with van der Waals surface area (Å²) in [7, 11) is 0. The molecular weight excluding hydrogens is 459 g/mol. The van der Waals surface area contributed by atoms with Gasteiger partial charge in [-0.3, -0.25) is 19.7 Å². The largest absolute Gasteiger partial charge is 0.368 e. The summed E-state index contributed by atoms with van der Waals surface area (Å²) in [5.41, 5.74) is 6.87. The Hall–Kier alpha value is -3.15. The van der Waals surface area contributed by atoms with E-state index in [4.69, 9.17) is 5.73 Å². The SMILES string of the molecule is NC1NC(SCC(=O)N2CCN(c3ccccc3)CC2)NC(=O)C1NC(=O)c1ccc(F)cc1. The van der Waals surface area contributed by atoms with Crippen LogP contribution in [0.5, 0.6) is 0 Å². The minimum Gasteiger partial charge on any atom is -0.368 e. The summed E-state index contributed by atoms with van der Waals surface area (Å²) in [4.78, 5) is 41.6. The lowest BCUT2D eigenvalue weighted by atomic mass is 10.1. The van der Waals surface area contributed by atoms with Gasteiger partial charge < -0.3 is 26.2 Å². The Labute approximate surface area is 201 Å². The molecule has 2 aliphatic heterocycles. The Morgan fingerprint density at radius 2 is 1.74 bits per heavy atom. The summed E-state index contributed by atoms with van der Waals surface area (Å²) >= 11 is 1.24. The van der Waals surface area contributed by atoms with E-state index in [1.165, 1.54) is 36.0 Å². The molecule has 2 aliphatic rings. The molecule has 0 radical (unpaired) electrons. The highest BCUT2D eigenvalue weighted by atomic mass is 32.2. The molecule has 4 rings (SSSR count). The van der Waals surface area contributed by atoms with Crippen LogP contribution in [-0.4, -0.2) is 72.3 Å². The first-order valence-corrected chi connectivity index (χ1v) is 12.0. The van der Waals surface area contributed by atoms with Gasteiger partial charge in [-0.25, -0.2) is 4.39 Å². The van der Waals surface area contributed by atoms with Crippen molar-refractivity contribution in [1.82, 2.24) is 20.9 Å². The highest BCUT2D eigenvalue weighted by molar-refractivity contribution is 8.00. The van der Waals surface area contributed by atoms with Crippen LogP contribution in [0, 0.1) is 5.82 Å². The number of carbonyl (C=O) groups excluding carboxylic acids is 3. The number of nitrogens with two attached hydrogens (primary N) is 1. The molecule has 5 N–H and O–H groups in total. The molecule has 3 amide bonds. The Bertz CT molecular complexity index is 1020. The van der Waals surface area contributed by atoms with Crippen molar-refractivity contribution >= 4 is 35.2 Å². The quantitative estimate of drug-likeness (QED) is 0.464. The summed E-state index contributed by atoms with van der Waals surface area (Å²) in [6, 6.07) is 14.1. The van der Waals surface area contributed by atoms with Crippen molar-refractivity contribution < 1.29 is 18.8 Å². The minimum absolute atomic E-state index is 0.00549. The fourth-order valence-electron chi connectivity index (χ4n) is 3.86. The maximum atomic E-state index is 13.1. The van der Waals surface area contributed by atoms with Crippen LogP contribution in [0.4, 0.5) is 10.1 Å². The van der Waals surface area contributed by atoms with Gasteiger partial charge in [0.2, 0.25) is 11.8 Å². The van der Waals surface area contributed by atoms with E-state index < -0.39 is 35.3 Å². The predicted octanol–water partition coefficient (Wildman–Crippen LogP) is 0.294. The Balaban J connectivity index is 1.22. The number of thioether (sulfide) groups is 1. The number of benzene rings is 2. The van der Waals surface area contributed by atoms with Gasteiger partial charge in [0.05, 0.1) is 11.9 Å². The minimum atomic E-state index is -1.00. The van der Waals surface area contributed by atoms with Crippen LogP contribution in [0.2, 0.25) is 0 Å². The van der Waals surface area contributed by atoms with Gasteiger partial charge >= 0.3 is 0 Å². The first-order valence-electron chi connectivity index (χ1n) is 11.0. The van der Waals surface area contributed by atoms with Gasteiger partial charge in [0.25, 0.3) is 5.91 Å². The third-order valence-electron chi connectivity index (χ3n) is 5.78. The molecule has 34 heavy (non-hydrogen) atoms. The summed E-state index contributed by atoms with van der Waals surface area (Å²) in [5, 5.41) is 8.29. The van der Waals surface area contributed by atoms with E-state index in [-0.39, 0.29) is 17.2 Å². The van der Waals surface area contributed by atoms with Gasteiger partial charge in [0.15, 0.2) is 0 Å². The number of hydrogen-bond donors (Lipinski definition) is 4. The molecule has 2 fully saturated rings. The number of para-hydroxylation sites is 1. The summed E-state index contributed by atoms with van der Waals surface area (Å²) in [5.74, 6) is -1.27. The maximum Gasteiger partial charge on any atom is 0.252 e. The van der Waals surface area contributed by atoms with Crippen molar-refractivity contribution in [2.24, 2.45) is 5.73 Å². The Morgan fingerprint density at radius 3 is 2.38 bits per heavy atom. The van der Waals surface area contributed by atoms with Gasteiger partial charge in [-0.15, -0.1) is 11.8 Å². The van der Waals surface area contributed by atoms with E-state index >= 15 is 0 Å². The molecule has 2 aromatic carbocycles. The zero-order chi connectivity index (χ0) is 24.1. The molecule has 3 unspecified atom stereocenters. The van der Waals surface area contributed by atoms with E-state index in [2.05, 4.69) is 33.0 Å². The normalized spacial score (nSPS) is 22.8. The van der Waals surface area contributed by atoms with Crippen LogP contribution in [-0.2, 0) is 9.59 Å². The fourth-order valence-corrected chi connectivity index (χ4v) is 4.81.